The van der Waals surface area contributed by atoms with Crippen LogP contribution in [0.25, 0.3) is 0 Å². The maximum absolute atomic E-state index is 12.2. The van der Waals surface area contributed by atoms with E-state index in [2.05, 4.69) is 21.2 Å². The number of aryl methyl sites for hydroxylation is 2. The quantitative estimate of drug-likeness (QED) is 0.603. The number of thiazole rings is 1. The predicted molar refractivity (Wildman–Crippen MR) is 121 cm³/mol. The first kappa shape index (κ1) is 22.4. The predicted octanol–water partition coefficient (Wildman–Crippen LogP) is 4.16. The monoisotopic (exact) mass is 428 g/mol. The highest BCUT2D eigenvalue weighted by Gasteiger charge is 2.14. The van der Waals surface area contributed by atoms with Crippen molar-refractivity contribution in [1.29, 1.82) is 0 Å². The number of hydrazine groups is 1. The minimum absolute atomic E-state index is 0.00474. The molecule has 1 aliphatic rings. The van der Waals surface area contributed by atoms with Crippen LogP contribution >= 0.6 is 11.3 Å². The van der Waals surface area contributed by atoms with Gasteiger partial charge in [-0.15, -0.1) is 11.3 Å². The fourth-order valence-electron chi connectivity index (χ4n) is 3.68. The maximum Gasteiger partial charge on any atom is 0.241 e. The van der Waals surface area contributed by atoms with Crippen molar-refractivity contribution in [2.24, 2.45) is 0 Å². The first-order chi connectivity index (χ1) is 14.7. The number of carbonyl (C=O) groups is 2. The van der Waals surface area contributed by atoms with E-state index >= 15 is 0 Å². The second-order valence-corrected chi connectivity index (χ2v) is 8.91. The van der Waals surface area contributed by atoms with Crippen LogP contribution in [0.3, 0.4) is 0 Å². The maximum atomic E-state index is 12.2. The average molecular weight is 429 g/mol. The SMILES string of the molecule is O=C(Cc1ccccc1)NNCC(=O)Nc1nc2c(s1)CCCCCCCCCC2. The Morgan fingerprint density at radius 3 is 2.27 bits per heavy atom. The Kier molecular flexibility index (Phi) is 9.31. The number of nitrogens with zero attached hydrogens (tertiary/aromatic N) is 1. The Morgan fingerprint density at radius 2 is 1.53 bits per heavy atom. The van der Waals surface area contributed by atoms with Crippen LogP contribution in [0, 0.1) is 0 Å². The standard InChI is InChI=1S/C23H32N4O2S/c28-21(16-18-12-8-7-9-13-18)27-24-17-22(29)26-23-25-19-14-10-5-3-1-2-4-6-11-15-20(19)30-23/h7-9,12-13,24H,1-6,10-11,14-17H2,(H,27,28)(H,25,26,29). The molecule has 0 aliphatic heterocycles. The van der Waals surface area contributed by atoms with Crippen LogP contribution in [-0.4, -0.2) is 23.3 Å². The topological polar surface area (TPSA) is 83.1 Å². The van der Waals surface area contributed by atoms with Crippen molar-refractivity contribution in [3.8, 4) is 0 Å². The lowest BCUT2D eigenvalue weighted by Gasteiger charge is -2.07. The van der Waals surface area contributed by atoms with Crippen LogP contribution in [0.4, 0.5) is 5.13 Å². The number of carbonyl (C=O) groups excluding carboxylic acids is 2. The summed E-state index contributed by atoms with van der Waals surface area (Å²) in [6.45, 7) is 0.00474. The molecule has 1 aliphatic carbocycles. The van der Waals surface area contributed by atoms with Gasteiger partial charge in [0.25, 0.3) is 0 Å². The third kappa shape index (κ3) is 7.88. The van der Waals surface area contributed by atoms with E-state index in [-0.39, 0.29) is 24.8 Å². The van der Waals surface area contributed by atoms with Crippen LogP contribution in [0.1, 0.15) is 67.5 Å². The molecule has 3 N–H and O–H groups in total. The van der Waals surface area contributed by atoms with Gasteiger partial charge >= 0.3 is 0 Å². The van der Waals surface area contributed by atoms with Crippen LogP contribution in [-0.2, 0) is 28.9 Å². The van der Waals surface area contributed by atoms with Crippen molar-refractivity contribution >= 4 is 28.3 Å². The third-order valence-electron chi connectivity index (χ3n) is 5.28. The summed E-state index contributed by atoms with van der Waals surface area (Å²) in [6.07, 6.45) is 12.5. The van der Waals surface area contributed by atoms with E-state index in [1.54, 1.807) is 11.3 Å². The number of hydrogen-bond donors (Lipinski definition) is 3. The van der Waals surface area contributed by atoms with Crippen molar-refractivity contribution in [3.63, 3.8) is 0 Å². The van der Waals surface area contributed by atoms with Crippen molar-refractivity contribution in [2.75, 3.05) is 11.9 Å². The molecule has 1 heterocycles. The summed E-state index contributed by atoms with van der Waals surface area (Å²) >= 11 is 1.60. The number of amides is 2. The van der Waals surface area contributed by atoms with Crippen molar-refractivity contribution in [3.05, 3.63) is 46.5 Å². The van der Waals surface area contributed by atoms with Crippen LogP contribution in [0.2, 0.25) is 0 Å². The number of benzene rings is 1. The van der Waals surface area contributed by atoms with Crippen molar-refractivity contribution in [1.82, 2.24) is 15.8 Å². The Morgan fingerprint density at radius 1 is 0.867 bits per heavy atom. The molecule has 1 aromatic heterocycles. The zero-order valence-corrected chi connectivity index (χ0v) is 18.4. The summed E-state index contributed by atoms with van der Waals surface area (Å²) in [4.78, 5) is 30.2. The van der Waals surface area contributed by atoms with E-state index in [4.69, 9.17) is 0 Å². The molecule has 0 spiro atoms. The van der Waals surface area contributed by atoms with E-state index in [0.717, 1.165) is 24.1 Å². The average Bonchev–Trinajstić information content (AvgIpc) is 3.09. The van der Waals surface area contributed by atoms with Gasteiger partial charge in [-0.25, -0.2) is 10.4 Å². The third-order valence-corrected chi connectivity index (χ3v) is 6.35. The molecule has 0 bridgehead atoms. The van der Waals surface area contributed by atoms with Crippen LogP contribution < -0.4 is 16.2 Å². The van der Waals surface area contributed by atoms with Gasteiger partial charge in [-0.3, -0.25) is 15.0 Å². The molecule has 7 heteroatoms. The molecule has 6 nitrogen and oxygen atoms in total. The summed E-state index contributed by atoms with van der Waals surface area (Å²) in [5.74, 6) is -0.384. The lowest BCUT2D eigenvalue weighted by Crippen LogP contribution is -2.42. The highest BCUT2D eigenvalue weighted by atomic mass is 32.1. The largest absolute Gasteiger partial charge is 0.301 e. The van der Waals surface area contributed by atoms with E-state index in [0.29, 0.717) is 5.13 Å². The summed E-state index contributed by atoms with van der Waals surface area (Å²) in [7, 11) is 0. The summed E-state index contributed by atoms with van der Waals surface area (Å²) in [6, 6.07) is 9.50. The van der Waals surface area contributed by atoms with Crippen molar-refractivity contribution < 1.29 is 9.59 Å². The smallest absolute Gasteiger partial charge is 0.241 e. The van der Waals surface area contributed by atoms with Gasteiger partial charge in [0.1, 0.15) is 0 Å². The van der Waals surface area contributed by atoms with Gasteiger partial charge in [0.15, 0.2) is 5.13 Å². The number of anilines is 1. The molecule has 0 saturated heterocycles. The van der Waals surface area contributed by atoms with E-state index in [1.807, 2.05) is 30.3 Å². The highest BCUT2D eigenvalue weighted by Crippen LogP contribution is 2.27. The molecule has 1 aromatic carbocycles. The lowest BCUT2D eigenvalue weighted by atomic mass is 10.0. The molecule has 2 amide bonds. The molecular formula is C23H32N4O2S. The first-order valence-corrected chi connectivity index (χ1v) is 11.9. The minimum atomic E-state index is -0.209. The summed E-state index contributed by atoms with van der Waals surface area (Å²) < 4.78 is 0. The lowest BCUT2D eigenvalue weighted by molar-refractivity contribution is -0.121. The van der Waals surface area contributed by atoms with Gasteiger partial charge in [0.2, 0.25) is 11.8 Å². The minimum Gasteiger partial charge on any atom is -0.301 e. The Hall–Kier alpha value is -2.25. The zero-order valence-electron chi connectivity index (χ0n) is 17.5. The van der Waals surface area contributed by atoms with E-state index < -0.39 is 0 Å². The number of hydrogen-bond acceptors (Lipinski definition) is 5. The van der Waals surface area contributed by atoms with Gasteiger partial charge in [0, 0.05) is 4.88 Å². The second-order valence-electron chi connectivity index (χ2n) is 7.83. The molecule has 162 valence electrons. The van der Waals surface area contributed by atoms with Gasteiger partial charge < -0.3 is 5.32 Å². The molecule has 30 heavy (non-hydrogen) atoms. The molecule has 2 aromatic rings. The van der Waals surface area contributed by atoms with Gasteiger partial charge in [-0.1, -0.05) is 68.9 Å². The Bertz CT molecular complexity index is 777. The normalized spacial score (nSPS) is 15.3. The Balaban J connectivity index is 1.44. The first-order valence-electron chi connectivity index (χ1n) is 11.0. The zero-order chi connectivity index (χ0) is 21.0. The molecule has 0 unspecified atom stereocenters. The van der Waals surface area contributed by atoms with Gasteiger partial charge in [0.05, 0.1) is 18.7 Å². The van der Waals surface area contributed by atoms with E-state index in [1.165, 1.54) is 56.2 Å². The van der Waals surface area contributed by atoms with Crippen LogP contribution in [0.5, 0.6) is 0 Å². The number of rotatable bonds is 6. The molecule has 0 saturated carbocycles. The Labute approximate surface area is 182 Å². The van der Waals surface area contributed by atoms with Crippen molar-refractivity contribution in [2.45, 2.75) is 70.6 Å². The van der Waals surface area contributed by atoms with Crippen LogP contribution in [0.15, 0.2) is 30.3 Å². The summed E-state index contributed by atoms with van der Waals surface area (Å²) in [5, 5.41) is 3.54. The molecule has 3 rings (SSSR count). The van der Waals surface area contributed by atoms with Gasteiger partial charge in [-0.2, -0.15) is 0 Å². The fraction of sp³-hybridized carbons (Fsp3) is 0.522. The fourth-order valence-corrected chi connectivity index (χ4v) is 4.74. The number of fused-ring (bicyclic) bond motifs is 1. The molecule has 0 fully saturated rings. The van der Waals surface area contributed by atoms with Gasteiger partial charge in [-0.05, 0) is 31.2 Å². The van der Waals surface area contributed by atoms with E-state index in [9.17, 15) is 9.59 Å². The molecule has 0 atom stereocenters. The second kappa shape index (κ2) is 12.4. The molecule has 0 radical (unpaired) electrons. The number of aromatic nitrogens is 1. The highest BCUT2D eigenvalue weighted by molar-refractivity contribution is 7.15. The molecular weight excluding hydrogens is 396 g/mol. The summed E-state index contributed by atoms with van der Waals surface area (Å²) in [5.41, 5.74) is 7.36. The number of nitrogens with one attached hydrogen (secondary N) is 3.